The number of nitrogens with one attached hydrogen (secondary N) is 2. The predicted molar refractivity (Wildman–Crippen MR) is 140 cm³/mol. The van der Waals surface area contributed by atoms with Crippen LogP contribution >= 0.6 is 0 Å². The van der Waals surface area contributed by atoms with E-state index >= 15 is 0 Å². The van der Waals surface area contributed by atoms with Gasteiger partial charge in [0.15, 0.2) is 0 Å². The lowest BCUT2D eigenvalue weighted by Gasteiger charge is -2.50. The van der Waals surface area contributed by atoms with E-state index in [1.54, 1.807) is 0 Å². The zero-order valence-corrected chi connectivity index (χ0v) is 22.5. The fourth-order valence-corrected chi connectivity index (χ4v) is 6.33. The molecule has 1 saturated carbocycles. The molecule has 4 aliphatic rings. The number of piperidine rings is 1. The van der Waals surface area contributed by atoms with Gasteiger partial charge in [-0.2, -0.15) is 0 Å². The number of likely N-dealkylation sites (tertiary alicyclic amines) is 2. The summed E-state index contributed by atoms with van der Waals surface area (Å²) in [7, 11) is 0. The summed E-state index contributed by atoms with van der Waals surface area (Å²) in [6.07, 6.45) is 3.58. The molecule has 4 atom stereocenters. The van der Waals surface area contributed by atoms with Crippen LogP contribution in [0.2, 0.25) is 0 Å². The molecule has 202 valence electrons. The van der Waals surface area contributed by atoms with Crippen LogP contribution in [0, 0.1) is 22.7 Å². The number of rotatable bonds is 8. The fraction of sp³-hybridized carbons (Fsp3) is 0.690. The molecule has 8 nitrogen and oxygen atoms in total. The molecule has 3 heterocycles. The second-order valence-electron chi connectivity index (χ2n) is 12.4. The van der Waals surface area contributed by atoms with E-state index in [0.717, 1.165) is 44.3 Å². The predicted octanol–water partition coefficient (Wildman–Crippen LogP) is 2.18. The van der Waals surface area contributed by atoms with Crippen molar-refractivity contribution in [1.82, 2.24) is 20.4 Å². The summed E-state index contributed by atoms with van der Waals surface area (Å²) >= 11 is 0. The Labute approximate surface area is 220 Å². The summed E-state index contributed by atoms with van der Waals surface area (Å²) < 4.78 is 6.13. The minimum absolute atomic E-state index is 0.0602. The average molecular weight is 511 g/mol. The van der Waals surface area contributed by atoms with Gasteiger partial charge in [-0.1, -0.05) is 44.2 Å². The number of benzene rings is 1. The molecule has 8 heteroatoms. The molecule has 1 aromatic rings. The number of carbonyl (C=O) groups is 3. The van der Waals surface area contributed by atoms with Gasteiger partial charge in [-0.3, -0.25) is 14.4 Å². The Morgan fingerprint density at radius 2 is 1.73 bits per heavy atom. The van der Waals surface area contributed by atoms with Gasteiger partial charge in [0.1, 0.15) is 6.04 Å². The minimum Gasteiger partial charge on any atom is -0.371 e. The molecule has 1 aromatic carbocycles. The van der Waals surface area contributed by atoms with Gasteiger partial charge in [0.25, 0.3) is 0 Å². The highest BCUT2D eigenvalue weighted by atomic mass is 16.5. The molecule has 5 rings (SSSR count). The molecular formula is C29H42N4O4. The van der Waals surface area contributed by atoms with Gasteiger partial charge in [-0.25, -0.2) is 0 Å². The largest absolute Gasteiger partial charge is 0.371 e. The number of hydrogen-bond acceptors (Lipinski definition) is 5. The van der Waals surface area contributed by atoms with Crippen LogP contribution in [-0.4, -0.2) is 78.9 Å². The highest BCUT2D eigenvalue weighted by Crippen LogP contribution is 2.54. The number of amides is 3. The first-order valence-corrected chi connectivity index (χ1v) is 13.9. The maximum atomic E-state index is 13.7. The van der Waals surface area contributed by atoms with Crippen LogP contribution in [0.15, 0.2) is 30.3 Å². The van der Waals surface area contributed by atoms with Crippen molar-refractivity contribution in [1.29, 1.82) is 0 Å². The monoisotopic (exact) mass is 510 g/mol. The van der Waals surface area contributed by atoms with Gasteiger partial charge in [0.2, 0.25) is 17.7 Å². The molecule has 0 bridgehead atoms. The fourth-order valence-electron chi connectivity index (χ4n) is 6.33. The Morgan fingerprint density at radius 1 is 1.05 bits per heavy atom. The Bertz CT molecular complexity index is 1000. The molecule has 1 aliphatic carbocycles. The number of hydrogen-bond donors (Lipinski definition) is 2. The maximum Gasteiger partial charge on any atom is 0.247 e. The zero-order valence-electron chi connectivity index (χ0n) is 22.5. The molecule has 1 spiro atoms. The molecule has 3 amide bonds. The molecule has 3 aliphatic heterocycles. The Hall–Kier alpha value is -2.45. The van der Waals surface area contributed by atoms with Crippen LogP contribution in [-0.2, 0) is 25.7 Å². The van der Waals surface area contributed by atoms with Crippen LogP contribution in [0.3, 0.4) is 0 Å². The highest BCUT2D eigenvalue weighted by Gasteiger charge is 2.60. The average Bonchev–Trinajstić information content (AvgIpc) is 3.31. The molecule has 2 N–H and O–H groups in total. The van der Waals surface area contributed by atoms with Crippen molar-refractivity contribution in [3.63, 3.8) is 0 Å². The highest BCUT2D eigenvalue weighted by molar-refractivity contribution is 5.90. The van der Waals surface area contributed by atoms with Gasteiger partial charge in [0.05, 0.1) is 18.6 Å². The summed E-state index contributed by atoms with van der Waals surface area (Å²) in [6, 6.07) is 9.13. The topological polar surface area (TPSA) is 91.0 Å². The smallest absolute Gasteiger partial charge is 0.247 e. The van der Waals surface area contributed by atoms with Crippen LogP contribution in [0.4, 0.5) is 0 Å². The van der Waals surface area contributed by atoms with Gasteiger partial charge in [0, 0.05) is 50.6 Å². The lowest BCUT2D eigenvalue weighted by Crippen LogP contribution is -2.65. The van der Waals surface area contributed by atoms with E-state index in [1.807, 2.05) is 47.1 Å². The van der Waals surface area contributed by atoms with Crippen LogP contribution < -0.4 is 10.6 Å². The van der Waals surface area contributed by atoms with Crippen molar-refractivity contribution < 1.29 is 19.1 Å². The van der Waals surface area contributed by atoms with Crippen LogP contribution in [0.5, 0.6) is 0 Å². The molecule has 0 aromatic heterocycles. The summed E-state index contributed by atoms with van der Waals surface area (Å²) in [5, 5.41) is 6.49. The maximum absolute atomic E-state index is 13.7. The Balaban J connectivity index is 1.24. The van der Waals surface area contributed by atoms with Gasteiger partial charge in [-0.05, 0) is 43.6 Å². The lowest BCUT2D eigenvalue weighted by molar-refractivity contribution is -0.153. The molecule has 0 radical (unpaired) electrons. The summed E-state index contributed by atoms with van der Waals surface area (Å²) in [5.74, 6) is -0.116. The van der Waals surface area contributed by atoms with E-state index in [1.165, 1.54) is 0 Å². The quantitative estimate of drug-likeness (QED) is 0.560. The summed E-state index contributed by atoms with van der Waals surface area (Å²) in [6.45, 7) is 10.5. The number of carbonyl (C=O) groups excluding carboxylic acids is 3. The second-order valence-corrected chi connectivity index (χ2v) is 12.4. The van der Waals surface area contributed by atoms with Crippen molar-refractivity contribution in [3.8, 4) is 0 Å². The Kier molecular flexibility index (Phi) is 7.33. The van der Waals surface area contributed by atoms with E-state index in [9.17, 15) is 14.4 Å². The first-order chi connectivity index (χ1) is 17.7. The van der Waals surface area contributed by atoms with Crippen molar-refractivity contribution in [2.75, 3.05) is 39.3 Å². The SMILES string of the molecule is C[C@@H](OCc1ccccc1)[C@H](NC(=O)C1CNCC12CN(C(=O)[C@H]1CC1(C)C)C2)C(=O)N1CCCCC1. The van der Waals surface area contributed by atoms with E-state index < -0.39 is 12.1 Å². The van der Waals surface area contributed by atoms with E-state index in [-0.39, 0.29) is 40.4 Å². The van der Waals surface area contributed by atoms with Gasteiger partial charge in [-0.15, -0.1) is 0 Å². The third-order valence-electron chi connectivity index (χ3n) is 9.07. The molecule has 37 heavy (non-hydrogen) atoms. The molecule has 3 saturated heterocycles. The van der Waals surface area contributed by atoms with Crippen LogP contribution in [0.25, 0.3) is 0 Å². The van der Waals surface area contributed by atoms with Crippen molar-refractivity contribution in [2.24, 2.45) is 22.7 Å². The number of nitrogens with zero attached hydrogens (tertiary/aromatic N) is 2. The molecule has 4 fully saturated rings. The standard InChI is InChI=1S/C29H42N4O4/c1-20(37-16-21-10-6-4-7-11-21)24(27(36)32-12-8-5-9-13-32)31-25(34)23-15-30-17-29(23)18-33(19-29)26(35)22-14-28(22,2)3/h4,6-7,10-11,20,22-24,30H,5,8-9,12-19H2,1-3H3,(H,31,34)/t20-,22-,23?,24+/m1/s1. The summed E-state index contributed by atoms with van der Waals surface area (Å²) in [4.78, 5) is 43.9. The van der Waals surface area contributed by atoms with E-state index in [2.05, 4.69) is 24.5 Å². The first-order valence-electron chi connectivity index (χ1n) is 13.9. The van der Waals surface area contributed by atoms with Gasteiger partial charge >= 0.3 is 0 Å². The van der Waals surface area contributed by atoms with Crippen molar-refractivity contribution in [3.05, 3.63) is 35.9 Å². The summed E-state index contributed by atoms with van der Waals surface area (Å²) in [5.41, 5.74) is 0.871. The number of ether oxygens (including phenoxy) is 1. The van der Waals surface area contributed by atoms with E-state index in [0.29, 0.717) is 32.8 Å². The zero-order chi connectivity index (χ0) is 26.2. The van der Waals surface area contributed by atoms with Crippen LogP contribution in [0.1, 0.15) is 52.0 Å². The lowest BCUT2D eigenvalue weighted by atomic mass is 9.70. The third-order valence-corrected chi connectivity index (χ3v) is 9.07. The van der Waals surface area contributed by atoms with Crippen molar-refractivity contribution in [2.45, 2.75) is 65.2 Å². The van der Waals surface area contributed by atoms with Crippen molar-refractivity contribution >= 4 is 17.7 Å². The first kappa shape index (κ1) is 26.2. The molecule has 1 unspecified atom stereocenters. The Morgan fingerprint density at radius 3 is 2.38 bits per heavy atom. The van der Waals surface area contributed by atoms with E-state index in [4.69, 9.17) is 4.74 Å². The molecular weight excluding hydrogens is 468 g/mol. The normalized spacial score (nSPS) is 27.3. The minimum atomic E-state index is -0.739. The van der Waals surface area contributed by atoms with Gasteiger partial charge < -0.3 is 25.2 Å². The third kappa shape index (κ3) is 5.41. The second kappa shape index (κ2) is 10.4.